The van der Waals surface area contributed by atoms with E-state index < -0.39 is 10.8 Å². The molecule has 2 heterocycles. The highest BCUT2D eigenvalue weighted by Gasteiger charge is 2.16. The van der Waals surface area contributed by atoms with Crippen molar-refractivity contribution >= 4 is 50.9 Å². The average molecular weight is 468 g/mol. The van der Waals surface area contributed by atoms with Crippen molar-refractivity contribution in [3.8, 4) is 10.6 Å². The third kappa shape index (κ3) is 4.31. The maximum Gasteiger partial charge on any atom is 0.273 e. The molecule has 0 radical (unpaired) electrons. The summed E-state index contributed by atoms with van der Waals surface area (Å²) in [6.45, 7) is 3.60. The highest BCUT2D eigenvalue weighted by molar-refractivity contribution is 7.80. The Morgan fingerprint density at radius 1 is 1.25 bits per heavy atom. The Labute approximate surface area is 191 Å². The molecule has 4 aromatic rings. The van der Waals surface area contributed by atoms with Crippen LogP contribution in [0.4, 0.5) is 11.4 Å². The van der Waals surface area contributed by atoms with Crippen LogP contribution in [0.15, 0.2) is 42.5 Å². The van der Waals surface area contributed by atoms with Crippen LogP contribution in [0.5, 0.6) is 0 Å². The number of hydrogen-bond acceptors (Lipinski definition) is 8. The zero-order valence-electron chi connectivity index (χ0n) is 17.0. The van der Waals surface area contributed by atoms with Gasteiger partial charge in [0.25, 0.3) is 11.6 Å². The minimum Gasteiger partial charge on any atom is -0.332 e. The van der Waals surface area contributed by atoms with E-state index in [9.17, 15) is 14.9 Å². The van der Waals surface area contributed by atoms with E-state index in [4.69, 9.17) is 12.2 Å². The fraction of sp³-hybridized carbons (Fsp3) is 0.150. The molecule has 162 valence electrons. The summed E-state index contributed by atoms with van der Waals surface area (Å²) in [6.07, 6.45) is 0.726. The summed E-state index contributed by atoms with van der Waals surface area (Å²) in [7, 11) is 0. The van der Waals surface area contributed by atoms with E-state index in [0.29, 0.717) is 16.2 Å². The van der Waals surface area contributed by atoms with Crippen LogP contribution in [0.1, 0.15) is 28.7 Å². The number of nitrogens with one attached hydrogen (secondary N) is 2. The van der Waals surface area contributed by atoms with E-state index in [1.165, 1.54) is 29.5 Å². The minimum absolute atomic E-state index is 0.0711. The highest BCUT2D eigenvalue weighted by atomic mass is 32.1. The van der Waals surface area contributed by atoms with Crippen LogP contribution in [-0.4, -0.2) is 35.8 Å². The number of fused-ring (bicyclic) bond motifs is 1. The number of aromatic nitrogens is 4. The van der Waals surface area contributed by atoms with Gasteiger partial charge in [0.1, 0.15) is 5.01 Å². The van der Waals surface area contributed by atoms with Crippen LogP contribution in [0.2, 0.25) is 0 Å². The number of nitro groups is 1. The molecule has 2 aromatic carbocycles. The van der Waals surface area contributed by atoms with Crippen LogP contribution in [0, 0.1) is 17.0 Å². The first-order valence-electron chi connectivity index (χ1n) is 9.54. The average Bonchev–Trinajstić information content (AvgIpc) is 3.34. The largest absolute Gasteiger partial charge is 0.332 e. The Kier molecular flexibility index (Phi) is 5.88. The van der Waals surface area contributed by atoms with Gasteiger partial charge in [-0.1, -0.05) is 36.5 Å². The molecule has 0 spiro atoms. The third-order valence-electron chi connectivity index (χ3n) is 4.63. The number of carbonyl (C=O) groups is 1. The summed E-state index contributed by atoms with van der Waals surface area (Å²) in [4.78, 5) is 23.8. The molecule has 1 amide bonds. The molecule has 32 heavy (non-hydrogen) atoms. The van der Waals surface area contributed by atoms with E-state index in [1.54, 1.807) is 17.5 Å². The third-order valence-corrected chi connectivity index (χ3v) is 5.79. The second-order valence-corrected chi connectivity index (χ2v) is 8.18. The van der Waals surface area contributed by atoms with Crippen LogP contribution in [-0.2, 0) is 6.42 Å². The normalized spacial score (nSPS) is 10.8. The molecule has 10 nitrogen and oxygen atoms in total. The molecule has 0 unspecified atom stereocenters. The van der Waals surface area contributed by atoms with Crippen molar-refractivity contribution in [1.82, 2.24) is 25.1 Å². The number of benzene rings is 2. The van der Waals surface area contributed by atoms with Crippen molar-refractivity contribution in [3.63, 3.8) is 0 Å². The standard InChI is InChI=1S/C20H17N7O3S2/c1-3-16-23-24-20-26(16)25-18(32-20)13-5-4-6-14(9-13)21-19(31)22-17(28)12-8-7-11(2)15(10-12)27(29)30/h4-10H,3H2,1-2H3,(H2,21,22,28,31). The van der Waals surface area contributed by atoms with Crippen LogP contribution in [0.25, 0.3) is 15.5 Å². The Hall–Kier alpha value is -3.77. The lowest BCUT2D eigenvalue weighted by molar-refractivity contribution is -0.385. The number of rotatable bonds is 5. The van der Waals surface area contributed by atoms with Gasteiger partial charge in [0.2, 0.25) is 4.96 Å². The predicted octanol–water partition coefficient (Wildman–Crippen LogP) is 3.76. The Balaban J connectivity index is 1.48. The van der Waals surface area contributed by atoms with E-state index in [2.05, 4.69) is 25.9 Å². The smallest absolute Gasteiger partial charge is 0.273 e. The van der Waals surface area contributed by atoms with Gasteiger partial charge in [0.15, 0.2) is 10.9 Å². The van der Waals surface area contributed by atoms with Crippen LogP contribution >= 0.6 is 23.6 Å². The molecular weight excluding hydrogens is 450 g/mol. The number of thiocarbonyl (C=S) groups is 1. The van der Waals surface area contributed by atoms with Crippen molar-refractivity contribution in [2.75, 3.05) is 5.32 Å². The second-order valence-electron chi connectivity index (χ2n) is 6.82. The van der Waals surface area contributed by atoms with Gasteiger partial charge in [-0.15, -0.1) is 10.2 Å². The summed E-state index contributed by atoms with van der Waals surface area (Å²) in [5.74, 6) is 0.250. The minimum atomic E-state index is -0.539. The van der Waals surface area contributed by atoms with E-state index >= 15 is 0 Å². The van der Waals surface area contributed by atoms with Crippen LogP contribution in [0.3, 0.4) is 0 Å². The maximum absolute atomic E-state index is 12.5. The SMILES string of the molecule is CCc1nnc2sc(-c3cccc(NC(=S)NC(=O)c4ccc(C)c([N+](=O)[O-])c4)c3)nn12. The van der Waals surface area contributed by atoms with Gasteiger partial charge in [0, 0.05) is 34.9 Å². The zero-order valence-corrected chi connectivity index (χ0v) is 18.7. The molecule has 0 aliphatic rings. The molecule has 12 heteroatoms. The van der Waals surface area contributed by atoms with Crippen molar-refractivity contribution in [1.29, 1.82) is 0 Å². The highest BCUT2D eigenvalue weighted by Crippen LogP contribution is 2.27. The Morgan fingerprint density at radius 2 is 2.06 bits per heavy atom. The molecule has 0 aliphatic carbocycles. The Bertz CT molecular complexity index is 1360. The van der Waals surface area contributed by atoms with E-state index in [1.807, 2.05) is 25.1 Å². The monoisotopic (exact) mass is 467 g/mol. The summed E-state index contributed by atoms with van der Waals surface area (Å²) < 4.78 is 1.73. The second kappa shape index (κ2) is 8.77. The first-order valence-corrected chi connectivity index (χ1v) is 10.8. The lowest BCUT2D eigenvalue weighted by atomic mass is 10.1. The fourth-order valence-electron chi connectivity index (χ4n) is 3.01. The number of carbonyl (C=O) groups excluding carboxylic acids is 1. The molecule has 0 atom stereocenters. The molecular formula is C20H17N7O3S2. The lowest BCUT2D eigenvalue weighted by Gasteiger charge is -2.10. The molecule has 0 fully saturated rings. The number of nitro benzene ring substituents is 1. The van der Waals surface area contributed by atoms with Crippen molar-refractivity contribution in [3.05, 3.63) is 69.5 Å². The quantitative estimate of drug-likeness (QED) is 0.258. The molecule has 4 rings (SSSR count). The molecule has 2 N–H and O–H groups in total. The van der Waals surface area contributed by atoms with Gasteiger partial charge in [0.05, 0.1) is 4.92 Å². The summed E-state index contributed by atoms with van der Waals surface area (Å²) in [5.41, 5.74) is 2.01. The number of nitrogens with zero attached hydrogens (tertiary/aromatic N) is 5. The van der Waals surface area contributed by atoms with E-state index in [-0.39, 0.29) is 16.4 Å². The van der Waals surface area contributed by atoms with Gasteiger partial charge in [-0.05, 0) is 37.3 Å². The van der Waals surface area contributed by atoms with Crippen LogP contribution < -0.4 is 10.6 Å². The fourth-order valence-corrected chi connectivity index (χ4v) is 4.07. The number of aryl methyl sites for hydroxylation is 2. The van der Waals surface area contributed by atoms with Crippen molar-refractivity contribution in [2.45, 2.75) is 20.3 Å². The maximum atomic E-state index is 12.5. The van der Waals surface area contributed by atoms with Gasteiger partial charge < -0.3 is 5.32 Å². The molecule has 0 saturated carbocycles. The van der Waals surface area contributed by atoms with E-state index in [0.717, 1.165) is 22.8 Å². The lowest BCUT2D eigenvalue weighted by Crippen LogP contribution is -2.34. The Morgan fingerprint density at radius 3 is 2.81 bits per heavy atom. The number of hydrogen-bond donors (Lipinski definition) is 2. The summed E-state index contributed by atoms with van der Waals surface area (Å²) in [5, 5.41) is 30.3. The molecule has 2 aromatic heterocycles. The van der Waals surface area contributed by atoms with Crippen molar-refractivity contribution < 1.29 is 9.72 Å². The first-order chi connectivity index (χ1) is 15.4. The zero-order chi connectivity index (χ0) is 22.8. The molecule has 0 saturated heterocycles. The van der Waals surface area contributed by atoms with Gasteiger partial charge in [-0.2, -0.15) is 9.61 Å². The first kappa shape index (κ1) is 21.5. The summed E-state index contributed by atoms with van der Waals surface area (Å²) >= 11 is 6.66. The summed E-state index contributed by atoms with van der Waals surface area (Å²) in [6, 6.07) is 11.7. The van der Waals surface area contributed by atoms with Gasteiger partial charge >= 0.3 is 0 Å². The number of amides is 1. The molecule has 0 bridgehead atoms. The number of anilines is 1. The topological polar surface area (TPSA) is 127 Å². The van der Waals surface area contributed by atoms with Gasteiger partial charge in [-0.25, -0.2) is 0 Å². The molecule has 0 aliphatic heterocycles. The predicted molar refractivity (Wildman–Crippen MR) is 125 cm³/mol. The van der Waals surface area contributed by atoms with Crippen molar-refractivity contribution in [2.24, 2.45) is 0 Å². The van der Waals surface area contributed by atoms with Gasteiger partial charge in [-0.3, -0.25) is 20.2 Å².